The number of imidazole rings is 1. The highest BCUT2D eigenvalue weighted by Crippen LogP contribution is 2.15. The van der Waals surface area contributed by atoms with Crippen molar-refractivity contribution in [3.63, 3.8) is 0 Å². The van der Waals surface area contributed by atoms with Crippen LogP contribution in [0.3, 0.4) is 0 Å². The Kier molecular flexibility index (Phi) is 3.18. The first kappa shape index (κ1) is 11.3. The van der Waals surface area contributed by atoms with E-state index in [-0.39, 0.29) is 11.8 Å². The van der Waals surface area contributed by atoms with Gasteiger partial charge in [0.25, 0.3) is 0 Å². The van der Waals surface area contributed by atoms with Crippen molar-refractivity contribution in [1.29, 1.82) is 0 Å². The maximum absolute atomic E-state index is 12.8. The molecule has 4 nitrogen and oxygen atoms in total. The van der Waals surface area contributed by atoms with Crippen LogP contribution in [-0.4, -0.2) is 22.1 Å². The number of anilines is 1. The zero-order valence-electron chi connectivity index (χ0n) is 9.38. The van der Waals surface area contributed by atoms with Crippen LogP contribution < -0.4 is 4.90 Å². The zero-order valence-corrected chi connectivity index (χ0v) is 9.38. The molecule has 1 amide bonds. The Balaban J connectivity index is 2.28. The van der Waals surface area contributed by atoms with Crippen LogP contribution in [0.15, 0.2) is 43.0 Å². The predicted molar refractivity (Wildman–Crippen MR) is 62.4 cm³/mol. The smallest absolute Gasteiger partial charge is 0.294 e. The van der Waals surface area contributed by atoms with Gasteiger partial charge < -0.3 is 0 Å². The second kappa shape index (κ2) is 4.78. The van der Waals surface area contributed by atoms with E-state index in [2.05, 4.69) is 4.98 Å². The normalized spacial score (nSPS) is 10.2. The molecule has 0 bridgehead atoms. The van der Waals surface area contributed by atoms with Crippen molar-refractivity contribution in [3.05, 3.63) is 48.8 Å². The van der Waals surface area contributed by atoms with E-state index in [9.17, 15) is 9.18 Å². The van der Waals surface area contributed by atoms with Crippen molar-refractivity contribution in [2.24, 2.45) is 0 Å². The number of aromatic nitrogens is 2. The van der Waals surface area contributed by atoms with Crippen molar-refractivity contribution >= 4 is 11.7 Å². The van der Waals surface area contributed by atoms with Crippen LogP contribution in [0.4, 0.5) is 14.9 Å². The molecule has 0 saturated heterocycles. The summed E-state index contributed by atoms with van der Waals surface area (Å²) in [5.41, 5.74) is 0.660. The standard InChI is InChI=1S/C12H12FN3O/c1-2-16(11-5-3-10(13)4-6-11)12(17)15-8-7-14-9-15/h3-9H,2H2,1H3. The summed E-state index contributed by atoms with van der Waals surface area (Å²) < 4.78 is 14.2. The molecule has 1 aromatic carbocycles. The lowest BCUT2D eigenvalue weighted by Gasteiger charge is -2.20. The maximum atomic E-state index is 12.8. The second-order valence-corrected chi connectivity index (χ2v) is 3.47. The molecule has 88 valence electrons. The number of halogens is 1. The Morgan fingerprint density at radius 1 is 1.41 bits per heavy atom. The summed E-state index contributed by atoms with van der Waals surface area (Å²) in [5.74, 6) is -0.320. The zero-order chi connectivity index (χ0) is 12.3. The van der Waals surface area contributed by atoms with E-state index >= 15 is 0 Å². The summed E-state index contributed by atoms with van der Waals surface area (Å²) in [6.07, 6.45) is 4.55. The van der Waals surface area contributed by atoms with Crippen molar-refractivity contribution in [1.82, 2.24) is 9.55 Å². The van der Waals surface area contributed by atoms with E-state index in [1.54, 1.807) is 23.2 Å². The van der Waals surface area contributed by atoms with Gasteiger partial charge in [-0.3, -0.25) is 9.47 Å². The minimum absolute atomic E-state index is 0.211. The highest BCUT2D eigenvalue weighted by Gasteiger charge is 2.15. The van der Waals surface area contributed by atoms with Gasteiger partial charge in [-0.05, 0) is 31.2 Å². The SMILES string of the molecule is CCN(C(=O)n1ccnc1)c1ccc(F)cc1. The Morgan fingerprint density at radius 2 is 2.12 bits per heavy atom. The molecule has 0 radical (unpaired) electrons. The third kappa shape index (κ3) is 2.33. The average Bonchev–Trinajstić information content (AvgIpc) is 2.86. The molecule has 0 aliphatic carbocycles. The van der Waals surface area contributed by atoms with Gasteiger partial charge in [0, 0.05) is 24.6 Å². The van der Waals surface area contributed by atoms with Gasteiger partial charge in [0.2, 0.25) is 0 Å². The first-order valence-electron chi connectivity index (χ1n) is 5.27. The van der Waals surface area contributed by atoms with E-state index in [1.807, 2.05) is 6.92 Å². The Hall–Kier alpha value is -2.17. The molecular formula is C12H12FN3O. The van der Waals surface area contributed by atoms with Crippen LogP contribution in [-0.2, 0) is 0 Å². The average molecular weight is 233 g/mol. The minimum Gasteiger partial charge on any atom is -0.294 e. The van der Waals surface area contributed by atoms with E-state index in [4.69, 9.17) is 0 Å². The number of amides is 1. The number of hydrogen-bond donors (Lipinski definition) is 0. The number of hydrogen-bond acceptors (Lipinski definition) is 2. The Labute approximate surface area is 98.3 Å². The third-order valence-corrected chi connectivity index (χ3v) is 2.41. The molecule has 0 spiro atoms. The summed E-state index contributed by atoms with van der Waals surface area (Å²) in [7, 11) is 0. The van der Waals surface area contributed by atoms with Crippen LogP contribution in [0.5, 0.6) is 0 Å². The summed E-state index contributed by atoms with van der Waals surface area (Å²) in [5, 5.41) is 0. The first-order chi connectivity index (χ1) is 8.22. The highest BCUT2D eigenvalue weighted by molar-refractivity contribution is 5.93. The molecule has 5 heteroatoms. The van der Waals surface area contributed by atoms with Gasteiger partial charge in [0.05, 0.1) is 0 Å². The van der Waals surface area contributed by atoms with Gasteiger partial charge >= 0.3 is 6.03 Å². The Bertz CT molecular complexity index is 493. The van der Waals surface area contributed by atoms with Gasteiger partial charge in [-0.1, -0.05) is 0 Å². The van der Waals surface area contributed by atoms with Gasteiger partial charge in [-0.25, -0.2) is 14.2 Å². The topological polar surface area (TPSA) is 38.1 Å². The fourth-order valence-electron chi connectivity index (χ4n) is 1.56. The van der Waals surface area contributed by atoms with Crippen LogP contribution >= 0.6 is 0 Å². The number of carbonyl (C=O) groups is 1. The summed E-state index contributed by atoms with van der Waals surface area (Å²) in [6, 6.07) is 5.61. The van der Waals surface area contributed by atoms with Gasteiger partial charge in [0.15, 0.2) is 0 Å². The monoisotopic (exact) mass is 233 g/mol. The predicted octanol–water partition coefficient (Wildman–Crippen LogP) is 2.52. The molecule has 17 heavy (non-hydrogen) atoms. The van der Waals surface area contributed by atoms with Gasteiger partial charge in [-0.15, -0.1) is 0 Å². The lowest BCUT2D eigenvalue weighted by Crippen LogP contribution is -2.33. The molecule has 0 aliphatic heterocycles. The molecule has 2 aromatic rings. The number of rotatable bonds is 2. The molecule has 0 unspecified atom stereocenters. The highest BCUT2D eigenvalue weighted by atomic mass is 19.1. The van der Waals surface area contributed by atoms with E-state index in [0.717, 1.165) is 0 Å². The molecule has 0 fully saturated rings. The van der Waals surface area contributed by atoms with E-state index in [1.165, 1.54) is 29.2 Å². The molecular weight excluding hydrogens is 221 g/mol. The number of benzene rings is 1. The fraction of sp³-hybridized carbons (Fsp3) is 0.167. The summed E-state index contributed by atoms with van der Waals surface area (Å²) >= 11 is 0. The van der Waals surface area contributed by atoms with Gasteiger partial charge in [0.1, 0.15) is 12.1 Å². The quantitative estimate of drug-likeness (QED) is 0.799. The lowest BCUT2D eigenvalue weighted by molar-refractivity contribution is 0.248. The fourth-order valence-corrected chi connectivity index (χ4v) is 1.56. The van der Waals surface area contributed by atoms with Crippen LogP contribution in [0.25, 0.3) is 0 Å². The third-order valence-electron chi connectivity index (χ3n) is 2.41. The minimum atomic E-state index is -0.320. The van der Waals surface area contributed by atoms with Crippen LogP contribution in [0.1, 0.15) is 6.92 Å². The van der Waals surface area contributed by atoms with Gasteiger partial charge in [-0.2, -0.15) is 0 Å². The maximum Gasteiger partial charge on any atom is 0.333 e. The molecule has 0 N–H and O–H groups in total. The first-order valence-corrected chi connectivity index (χ1v) is 5.27. The molecule has 0 aliphatic rings. The number of carbonyl (C=O) groups excluding carboxylic acids is 1. The summed E-state index contributed by atoms with van der Waals surface area (Å²) in [6.45, 7) is 2.36. The molecule has 2 rings (SSSR count). The second-order valence-electron chi connectivity index (χ2n) is 3.47. The Morgan fingerprint density at radius 3 is 2.65 bits per heavy atom. The van der Waals surface area contributed by atoms with Crippen LogP contribution in [0, 0.1) is 5.82 Å². The van der Waals surface area contributed by atoms with Crippen molar-refractivity contribution < 1.29 is 9.18 Å². The lowest BCUT2D eigenvalue weighted by atomic mass is 10.3. The van der Waals surface area contributed by atoms with E-state index in [0.29, 0.717) is 12.2 Å². The molecule has 0 saturated carbocycles. The molecule has 1 heterocycles. The van der Waals surface area contributed by atoms with Crippen molar-refractivity contribution in [2.75, 3.05) is 11.4 Å². The molecule has 1 aromatic heterocycles. The molecule has 0 atom stereocenters. The van der Waals surface area contributed by atoms with Crippen molar-refractivity contribution in [2.45, 2.75) is 6.92 Å². The largest absolute Gasteiger partial charge is 0.333 e. The van der Waals surface area contributed by atoms with Crippen LogP contribution in [0.2, 0.25) is 0 Å². The van der Waals surface area contributed by atoms with E-state index < -0.39 is 0 Å². The summed E-state index contributed by atoms with van der Waals surface area (Å²) in [4.78, 5) is 17.4. The van der Waals surface area contributed by atoms with Crippen molar-refractivity contribution in [3.8, 4) is 0 Å². The number of nitrogens with zero attached hydrogens (tertiary/aromatic N) is 3.